The van der Waals surface area contributed by atoms with Gasteiger partial charge in [0.15, 0.2) is 0 Å². The lowest BCUT2D eigenvalue weighted by atomic mass is 9.74. The largest absolute Gasteiger partial charge is 0.378 e. The van der Waals surface area contributed by atoms with Crippen molar-refractivity contribution in [3.05, 3.63) is 82.9 Å². The molecule has 2 N–H and O–H groups in total. The molecule has 32 heavy (non-hydrogen) atoms. The Balaban J connectivity index is 1.51. The molecule has 1 aromatic heterocycles. The van der Waals surface area contributed by atoms with Crippen molar-refractivity contribution < 1.29 is 9.50 Å². The molecule has 0 saturated heterocycles. The summed E-state index contributed by atoms with van der Waals surface area (Å²) in [4.78, 5) is 0. The van der Waals surface area contributed by atoms with Gasteiger partial charge < -0.3 is 10.4 Å². The first-order valence-electron chi connectivity index (χ1n) is 11.0. The minimum Gasteiger partial charge on any atom is -0.378 e. The summed E-state index contributed by atoms with van der Waals surface area (Å²) in [6.07, 6.45) is 3.89. The van der Waals surface area contributed by atoms with Gasteiger partial charge in [-0.25, -0.2) is 9.07 Å². The number of aromatic nitrogens is 2. The fourth-order valence-corrected chi connectivity index (χ4v) is 4.20. The Labute approximate surface area is 189 Å². The minimum absolute atomic E-state index is 0.124. The van der Waals surface area contributed by atoms with Crippen molar-refractivity contribution in [2.45, 2.75) is 58.7 Å². The lowest BCUT2D eigenvalue weighted by Crippen LogP contribution is -2.33. The van der Waals surface area contributed by atoms with Gasteiger partial charge in [0.25, 0.3) is 0 Å². The molecule has 1 aliphatic carbocycles. The van der Waals surface area contributed by atoms with Crippen LogP contribution in [0.5, 0.6) is 0 Å². The highest BCUT2D eigenvalue weighted by molar-refractivity contribution is 5.39. The second-order valence-corrected chi connectivity index (χ2v) is 9.92. The normalized spacial score (nSPS) is 17.4. The van der Waals surface area contributed by atoms with Crippen molar-refractivity contribution in [2.24, 2.45) is 5.41 Å². The van der Waals surface area contributed by atoms with Gasteiger partial charge in [-0.2, -0.15) is 5.10 Å². The highest BCUT2D eigenvalue weighted by Crippen LogP contribution is 2.41. The molecule has 2 aromatic carbocycles. The first-order valence-corrected chi connectivity index (χ1v) is 11.0. The fourth-order valence-electron chi connectivity index (χ4n) is 4.20. The number of hydrogen-bond donors (Lipinski definition) is 2. The van der Waals surface area contributed by atoms with E-state index in [4.69, 9.17) is 0 Å². The van der Waals surface area contributed by atoms with Crippen LogP contribution in [-0.2, 0) is 13.0 Å². The smallest absolute Gasteiger partial charge is 0.123 e. The summed E-state index contributed by atoms with van der Waals surface area (Å²) in [7, 11) is 0. The monoisotopic (exact) mass is 431 g/mol. The van der Waals surface area contributed by atoms with Crippen LogP contribution in [-0.4, -0.2) is 20.5 Å². The summed E-state index contributed by atoms with van der Waals surface area (Å²) in [5.41, 5.74) is 4.46. The second kappa shape index (κ2) is 8.54. The van der Waals surface area contributed by atoms with E-state index in [-0.39, 0.29) is 17.3 Å². The molecule has 1 aliphatic rings. The zero-order valence-corrected chi connectivity index (χ0v) is 19.1. The number of nitrogens with zero attached hydrogens (tertiary/aromatic N) is 2. The molecular weight excluding hydrogens is 401 g/mol. The SMILES string of the molecule is CC(C)(O)C#Cc1ccc(CN[C@@H]2CC(C)(C)Cc3c2cnn3-c2ccc(F)cc2)cc1. The van der Waals surface area contributed by atoms with Gasteiger partial charge in [-0.05, 0) is 74.1 Å². The molecule has 4 nitrogen and oxygen atoms in total. The Hall–Kier alpha value is -2.94. The summed E-state index contributed by atoms with van der Waals surface area (Å²) in [6, 6.07) is 14.8. The highest BCUT2D eigenvalue weighted by atomic mass is 19.1. The molecule has 0 fully saturated rings. The maximum atomic E-state index is 13.4. The number of halogens is 1. The Morgan fingerprint density at radius 2 is 1.84 bits per heavy atom. The summed E-state index contributed by atoms with van der Waals surface area (Å²) in [5, 5.41) is 18.1. The molecule has 3 aromatic rings. The molecule has 1 heterocycles. The molecule has 0 spiro atoms. The molecule has 0 unspecified atom stereocenters. The van der Waals surface area contributed by atoms with E-state index in [0.29, 0.717) is 0 Å². The predicted molar refractivity (Wildman–Crippen MR) is 125 cm³/mol. The highest BCUT2D eigenvalue weighted by Gasteiger charge is 2.35. The summed E-state index contributed by atoms with van der Waals surface area (Å²) in [5.74, 6) is 5.60. The first-order chi connectivity index (χ1) is 15.1. The standard InChI is InChI=1S/C27H30FN3O/c1-26(2)15-24(29-17-20-7-5-19(6-8-20)13-14-27(3,4)32)23-18-30-31(25(23)16-26)22-11-9-21(28)10-12-22/h5-12,18,24,29,32H,15-17H2,1-4H3/t24-/m1/s1. The predicted octanol–water partition coefficient (Wildman–Crippen LogP) is 4.94. The third-order valence-corrected chi connectivity index (χ3v) is 5.77. The molecule has 0 aliphatic heterocycles. The molecule has 4 rings (SSSR count). The number of fused-ring (bicyclic) bond motifs is 1. The van der Waals surface area contributed by atoms with Gasteiger partial charge in [0, 0.05) is 29.4 Å². The van der Waals surface area contributed by atoms with Gasteiger partial charge in [0.1, 0.15) is 11.4 Å². The third kappa shape index (κ3) is 5.27. The molecule has 0 radical (unpaired) electrons. The molecule has 0 saturated carbocycles. The zero-order valence-electron chi connectivity index (χ0n) is 19.1. The van der Waals surface area contributed by atoms with E-state index in [2.05, 4.69) is 48.2 Å². The number of benzene rings is 2. The van der Waals surface area contributed by atoms with Crippen molar-refractivity contribution in [1.82, 2.24) is 15.1 Å². The first kappa shape index (κ1) is 22.3. The van der Waals surface area contributed by atoms with Crippen molar-refractivity contribution in [1.29, 1.82) is 0 Å². The van der Waals surface area contributed by atoms with Gasteiger partial charge in [0.2, 0.25) is 0 Å². The van der Waals surface area contributed by atoms with Crippen LogP contribution in [0, 0.1) is 23.1 Å². The number of rotatable bonds is 4. The molecule has 1 atom stereocenters. The van der Waals surface area contributed by atoms with Crippen LogP contribution >= 0.6 is 0 Å². The Morgan fingerprint density at radius 1 is 1.16 bits per heavy atom. The van der Waals surface area contributed by atoms with Crippen LogP contribution in [0.15, 0.2) is 54.7 Å². The van der Waals surface area contributed by atoms with E-state index in [1.54, 1.807) is 26.0 Å². The fraction of sp³-hybridized carbons (Fsp3) is 0.370. The second-order valence-electron chi connectivity index (χ2n) is 9.92. The number of aliphatic hydroxyl groups is 1. The topological polar surface area (TPSA) is 50.1 Å². The van der Waals surface area contributed by atoms with Crippen LogP contribution in [0.2, 0.25) is 0 Å². The number of nitrogens with one attached hydrogen (secondary N) is 1. The summed E-state index contributed by atoms with van der Waals surface area (Å²) in [6.45, 7) is 8.65. The van der Waals surface area contributed by atoms with E-state index < -0.39 is 5.60 Å². The lowest BCUT2D eigenvalue weighted by molar-refractivity contribution is 0.143. The van der Waals surface area contributed by atoms with Gasteiger partial charge in [0.05, 0.1) is 11.9 Å². The maximum absolute atomic E-state index is 13.4. The third-order valence-electron chi connectivity index (χ3n) is 5.77. The van der Waals surface area contributed by atoms with Crippen molar-refractivity contribution >= 4 is 0 Å². The van der Waals surface area contributed by atoms with Gasteiger partial charge in [-0.1, -0.05) is 37.8 Å². The summed E-state index contributed by atoms with van der Waals surface area (Å²) >= 11 is 0. The van der Waals surface area contributed by atoms with Gasteiger partial charge >= 0.3 is 0 Å². The molecule has 5 heteroatoms. The maximum Gasteiger partial charge on any atom is 0.123 e. The van der Waals surface area contributed by atoms with Crippen LogP contribution in [0.4, 0.5) is 4.39 Å². The average molecular weight is 432 g/mol. The van der Waals surface area contributed by atoms with Crippen molar-refractivity contribution in [3.8, 4) is 17.5 Å². The Morgan fingerprint density at radius 3 is 2.50 bits per heavy atom. The minimum atomic E-state index is -0.996. The van der Waals surface area contributed by atoms with E-state index >= 15 is 0 Å². The number of hydrogen-bond acceptors (Lipinski definition) is 3. The van der Waals surface area contributed by atoms with Crippen molar-refractivity contribution in [3.63, 3.8) is 0 Å². The van der Waals surface area contributed by atoms with E-state index in [0.717, 1.165) is 30.6 Å². The Bertz CT molecular complexity index is 1140. The van der Waals surface area contributed by atoms with Crippen LogP contribution in [0.1, 0.15) is 62.5 Å². The van der Waals surface area contributed by atoms with Crippen LogP contribution in [0.25, 0.3) is 5.69 Å². The lowest BCUT2D eigenvalue weighted by Gasteiger charge is -2.36. The van der Waals surface area contributed by atoms with Crippen LogP contribution < -0.4 is 5.32 Å². The molecule has 0 amide bonds. The Kier molecular flexibility index (Phi) is 5.94. The van der Waals surface area contributed by atoms with Crippen molar-refractivity contribution in [2.75, 3.05) is 0 Å². The van der Waals surface area contributed by atoms with E-state index in [1.807, 2.05) is 23.0 Å². The molecule has 0 bridgehead atoms. The van der Waals surface area contributed by atoms with E-state index in [1.165, 1.54) is 29.0 Å². The molecule has 166 valence electrons. The van der Waals surface area contributed by atoms with E-state index in [9.17, 15) is 9.50 Å². The average Bonchev–Trinajstić information content (AvgIpc) is 3.14. The quantitative estimate of drug-likeness (QED) is 0.576. The van der Waals surface area contributed by atoms with Gasteiger partial charge in [-0.3, -0.25) is 0 Å². The zero-order chi connectivity index (χ0) is 22.9. The summed E-state index contributed by atoms with van der Waals surface area (Å²) < 4.78 is 15.3. The van der Waals surface area contributed by atoms with Crippen LogP contribution in [0.3, 0.4) is 0 Å². The molecular formula is C27H30FN3O. The van der Waals surface area contributed by atoms with Gasteiger partial charge in [-0.15, -0.1) is 0 Å².